The van der Waals surface area contributed by atoms with Crippen LogP contribution in [0.15, 0.2) is 10.7 Å². The summed E-state index contributed by atoms with van der Waals surface area (Å²) in [6.07, 6.45) is -5.84. The van der Waals surface area contributed by atoms with Gasteiger partial charge in [0.25, 0.3) is 0 Å². The van der Waals surface area contributed by atoms with Crippen molar-refractivity contribution in [2.75, 3.05) is 17.3 Å². The third kappa shape index (κ3) is 3.98. The first-order valence-corrected chi connectivity index (χ1v) is 5.11. The second-order valence-electron chi connectivity index (χ2n) is 2.97. The molecule has 0 amide bonds. The molecule has 1 unspecified atom stereocenters. The molecule has 17 heavy (non-hydrogen) atoms. The van der Waals surface area contributed by atoms with E-state index in [1.165, 1.54) is 6.20 Å². The van der Waals surface area contributed by atoms with Crippen LogP contribution in [0.1, 0.15) is 0 Å². The fourth-order valence-electron chi connectivity index (χ4n) is 0.870. The molecule has 0 bridgehead atoms. The van der Waals surface area contributed by atoms with E-state index in [4.69, 9.17) is 10.9 Å². The van der Waals surface area contributed by atoms with Gasteiger partial charge in [-0.15, -0.1) is 0 Å². The number of aromatic nitrogens is 2. The lowest BCUT2D eigenvalue weighted by Gasteiger charge is -2.16. The van der Waals surface area contributed by atoms with Gasteiger partial charge in [-0.1, -0.05) is 0 Å². The standard InChI is InChI=1S/C7H9BrF3N5O/c8-3-1-14-6(16-12)15-5(3)13-2-4(17)7(9,10)11/h1,4,17H,2,12H2,(H2,13,14,15,16). The van der Waals surface area contributed by atoms with Crippen molar-refractivity contribution in [2.24, 2.45) is 5.84 Å². The van der Waals surface area contributed by atoms with E-state index in [-0.39, 0.29) is 11.8 Å². The molecule has 5 N–H and O–H groups in total. The Kier molecular flexibility index (Phi) is 4.48. The predicted octanol–water partition coefficient (Wildman–Crippen LogP) is 0.860. The van der Waals surface area contributed by atoms with Crippen molar-refractivity contribution in [1.82, 2.24) is 9.97 Å². The van der Waals surface area contributed by atoms with Gasteiger partial charge in [0, 0.05) is 6.20 Å². The molecule has 10 heteroatoms. The monoisotopic (exact) mass is 315 g/mol. The molecule has 0 aromatic carbocycles. The van der Waals surface area contributed by atoms with E-state index < -0.39 is 18.8 Å². The number of halogens is 4. The summed E-state index contributed by atoms with van der Waals surface area (Å²) in [6.45, 7) is -0.719. The molecule has 0 radical (unpaired) electrons. The average Bonchev–Trinajstić information content (AvgIpc) is 2.26. The second kappa shape index (κ2) is 5.47. The number of nitrogens with two attached hydrogens (primary N) is 1. The maximum atomic E-state index is 12.0. The Hall–Kier alpha value is -1.13. The number of nitrogens with zero attached hydrogens (tertiary/aromatic N) is 2. The molecule has 0 aliphatic rings. The van der Waals surface area contributed by atoms with Gasteiger partial charge in [-0.25, -0.2) is 10.8 Å². The first-order chi connectivity index (χ1) is 7.84. The molecule has 0 aliphatic carbocycles. The van der Waals surface area contributed by atoms with Gasteiger partial charge in [0.1, 0.15) is 5.82 Å². The molecule has 6 nitrogen and oxygen atoms in total. The van der Waals surface area contributed by atoms with Gasteiger partial charge in [-0.05, 0) is 15.9 Å². The Morgan fingerprint density at radius 3 is 2.71 bits per heavy atom. The van der Waals surface area contributed by atoms with Crippen molar-refractivity contribution in [2.45, 2.75) is 12.3 Å². The molecule has 1 aromatic rings. The predicted molar refractivity (Wildman–Crippen MR) is 58.1 cm³/mol. The Bertz CT molecular complexity index is 388. The van der Waals surface area contributed by atoms with Gasteiger partial charge in [-0.2, -0.15) is 18.2 Å². The summed E-state index contributed by atoms with van der Waals surface area (Å²) < 4.78 is 36.4. The second-order valence-corrected chi connectivity index (χ2v) is 3.83. The van der Waals surface area contributed by atoms with E-state index >= 15 is 0 Å². The first-order valence-electron chi connectivity index (χ1n) is 4.32. The smallest absolute Gasteiger partial charge is 0.382 e. The van der Waals surface area contributed by atoms with Crippen LogP contribution in [0.3, 0.4) is 0 Å². The van der Waals surface area contributed by atoms with E-state index in [1.54, 1.807) is 0 Å². The molecule has 0 saturated carbocycles. The first kappa shape index (κ1) is 13.9. The molecule has 96 valence electrons. The van der Waals surface area contributed by atoms with Crippen LogP contribution in [0.5, 0.6) is 0 Å². The zero-order chi connectivity index (χ0) is 13.1. The zero-order valence-electron chi connectivity index (χ0n) is 8.29. The van der Waals surface area contributed by atoms with Crippen LogP contribution in [-0.4, -0.2) is 33.9 Å². The summed E-state index contributed by atoms with van der Waals surface area (Å²) in [7, 11) is 0. The molecule has 0 spiro atoms. The lowest BCUT2D eigenvalue weighted by molar-refractivity contribution is -0.198. The van der Waals surface area contributed by atoms with E-state index in [0.717, 1.165) is 0 Å². The summed E-state index contributed by atoms with van der Waals surface area (Å²) in [5.41, 5.74) is 2.14. The fraction of sp³-hybridized carbons (Fsp3) is 0.429. The number of aliphatic hydroxyl groups excluding tert-OH is 1. The highest BCUT2D eigenvalue weighted by atomic mass is 79.9. The van der Waals surface area contributed by atoms with Crippen LogP contribution in [-0.2, 0) is 0 Å². The lowest BCUT2D eigenvalue weighted by atomic mass is 10.3. The highest BCUT2D eigenvalue weighted by Gasteiger charge is 2.37. The minimum Gasteiger partial charge on any atom is -0.382 e. The van der Waals surface area contributed by atoms with Crippen LogP contribution in [0.25, 0.3) is 0 Å². The summed E-state index contributed by atoms with van der Waals surface area (Å²) in [5.74, 6) is 5.18. The van der Waals surface area contributed by atoms with Gasteiger partial charge >= 0.3 is 6.18 Å². The summed E-state index contributed by atoms with van der Waals surface area (Å²) in [5, 5.41) is 11.1. The minimum absolute atomic E-state index is 0.0391. The lowest BCUT2D eigenvalue weighted by Crippen LogP contribution is -2.35. The van der Waals surface area contributed by atoms with Crippen LogP contribution in [0.2, 0.25) is 0 Å². The van der Waals surface area contributed by atoms with Crippen LogP contribution in [0, 0.1) is 0 Å². The van der Waals surface area contributed by atoms with Crippen LogP contribution < -0.4 is 16.6 Å². The molecular weight excluding hydrogens is 307 g/mol. The van der Waals surface area contributed by atoms with Crippen molar-refractivity contribution >= 4 is 27.7 Å². The number of nitrogen functional groups attached to an aromatic ring is 1. The molecule has 0 aliphatic heterocycles. The van der Waals surface area contributed by atoms with Gasteiger partial charge in [0.05, 0.1) is 11.0 Å². The summed E-state index contributed by atoms with van der Waals surface area (Å²) >= 11 is 3.04. The number of hydrazine groups is 1. The summed E-state index contributed by atoms with van der Waals surface area (Å²) in [4.78, 5) is 7.48. The van der Waals surface area contributed by atoms with Crippen molar-refractivity contribution in [3.63, 3.8) is 0 Å². The third-order valence-corrected chi connectivity index (χ3v) is 2.29. The molecule has 0 saturated heterocycles. The SMILES string of the molecule is NNc1ncc(Br)c(NCC(O)C(F)(F)F)n1. The Labute approximate surface area is 103 Å². The van der Waals surface area contributed by atoms with Crippen LogP contribution in [0.4, 0.5) is 24.9 Å². The normalized spacial score (nSPS) is 13.3. The Balaban J connectivity index is 2.69. The average molecular weight is 316 g/mol. The molecule has 1 heterocycles. The van der Waals surface area contributed by atoms with E-state index in [1.807, 2.05) is 0 Å². The highest BCUT2D eigenvalue weighted by Crippen LogP contribution is 2.23. The topological polar surface area (TPSA) is 96.1 Å². The van der Waals surface area contributed by atoms with Crippen LogP contribution >= 0.6 is 15.9 Å². The largest absolute Gasteiger partial charge is 0.416 e. The molecule has 1 aromatic heterocycles. The van der Waals surface area contributed by atoms with Gasteiger partial charge < -0.3 is 10.4 Å². The number of alkyl halides is 3. The fourth-order valence-corrected chi connectivity index (χ4v) is 1.20. The number of nitrogens with one attached hydrogen (secondary N) is 2. The van der Waals surface area contributed by atoms with Crippen molar-refractivity contribution < 1.29 is 18.3 Å². The Morgan fingerprint density at radius 2 is 2.18 bits per heavy atom. The minimum atomic E-state index is -4.68. The van der Waals surface area contributed by atoms with Crippen molar-refractivity contribution in [1.29, 1.82) is 0 Å². The van der Waals surface area contributed by atoms with E-state index in [0.29, 0.717) is 4.47 Å². The van der Waals surface area contributed by atoms with Crippen molar-refractivity contribution in [3.05, 3.63) is 10.7 Å². The maximum Gasteiger partial charge on any atom is 0.416 e. The highest BCUT2D eigenvalue weighted by molar-refractivity contribution is 9.10. The van der Waals surface area contributed by atoms with Gasteiger partial charge in [0.2, 0.25) is 5.95 Å². The maximum absolute atomic E-state index is 12.0. The number of anilines is 2. The molecule has 1 atom stereocenters. The van der Waals surface area contributed by atoms with Crippen molar-refractivity contribution in [3.8, 4) is 0 Å². The number of hydrogen-bond acceptors (Lipinski definition) is 6. The quantitative estimate of drug-likeness (QED) is 0.486. The van der Waals surface area contributed by atoms with E-state index in [9.17, 15) is 13.2 Å². The van der Waals surface area contributed by atoms with E-state index in [2.05, 4.69) is 36.6 Å². The number of aliphatic hydroxyl groups is 1. The number of hydrogen-bond donors (Lipinski definition) is 4. The molecule has 1 rings (SSSR count). The molecule has 0 fully saturated rings. The molecular formula is C7H9BrF3N5O. The summed E-state index contributed by atoms with van der Waals surface area (Å²) in [6, 6.07) is 0. The van der Waals surface area contributed by atoms with Gasteiger partial charge in [-0.3, -0.25) is 5.43 Å². The zero-order valence-corrected chi connectivity index (χ0v) is 9.88. The number of rotatable bonds is 4. The van der Waals surface area contributed by atoms with Gasteiger partial charge in [0.15, 0.2) is 6.10 Å². The third-order valence-electron chi connectivity index (χ3n) is 1.71. The Morgan fingerprint density at radius 1 is 1.53 bits per heavy atom.